The van der Waals surface area contributed by atoms with Gasteiger partial charge in [-0.25, -0.2) is 4.98 Å². The summed E-state index contributed by atoms with van der Waals surface area (Å²) in [5.74, 6) is 1.36. The molecule has 0 aliphatic heterocycles. The Morgan fingerprint density at radius 3 is 2.47 bits per heavy atom. The summed E-state index contributed by atoms with van der Waals surface area (Å²) in [4.78, 5) is 22.1. The molecule has 0 spiro atoms. The Hall–Kier alpha value is -3.52. The van der Waals surface area contributed by atoms with Crippen molar-refractivity contribution < 1.29 is 14.1 Å². The van der Waals surface area contributed by atoms with Crippen LogP contribution < -0.4 is 10.1 Å². The molecule has 152 valence electrons. The zero-order valence-corrected chi connectivity index (χ0v) is 17.3. The minimum absolute atomic E-state index is 0.103. The van der Waals surface area contributed by atoms with Gasteiger partial charge in [0, 0.05) is 5.56 Å². The zero-order chi connectivity index (χ0) is 20.9. The molecule has 4 aromatic rings. The van der Waals surface area contributed by atoms with Gasteiger partial charge in [0.25, 0.3) is 11.8 Å². The summed E-state index contributed by atoms with van der Waals surface area (Å²) in [7, 11) is 0. The van der Waals surface area contributed by atoms with Crippen LogP contribution in [-0.4, -0.2) is 27.6 Å². The number of benzene rings is 2. The third-order valence-corrected chi connectivity index (χ3v) is 5.19. The number of para-hydroxylation sites is 1. The van der Waals surface area contributed by atoms with Crippen molar-refractivity contribution in [3.63, 3.8) is 0 Å². The second-order valence-corrected chi connectivity index (χ2v) is 7.83. The predicted octanol–water partition coefficient (Wildman–Crippen LogP) is 5.00. The van der Waals surface area contributed by atoms with E-state index in [0.29, 0.717) is 22.6 Å². The van der Waals surface area contributed by atoms with E-state index in [2.05, 4.69) is 20.4 Å². The molecule has 2 aromatic heterocycles. The fourth-order valence-electron chi connectivity index (χ4n) is 2.77. The summed E-state index contributed by atoms with van der Waals surface area (Å²) in [5.41, 5.74) is 1.66. The fraction of sp³-hybridized carbons (Fsp3) is 0.182. The van der Waals surface area contributed by atoms with Gasteiger partial charge in [-0.3, -0.25) is 10.1 Å². The number of amides is 1. The van der Waals surface area contributed by atoms with Gasteiger partial charge in [-0.15, -0.1) is 0 Å². The van der Waals surface area contributed by atoms with Crippen LogP contribution in [0.2, 0.25) is 0 Å². The van der Waals surface area contributed by atoms with E-state index in [4.69, 9.17) is 9.26 Å². The van der Waals surface area contributed by atoms with E-state index in [1.165, 1.54) is 11.3 Å². The molecule has 0 fully saturated rings. The first-order valence-electron chi connectivity index (χ1n) is 9.48. The number of nitrogens with one attached hydrogen (secondary N) is 1. The van der Waals surface area contributed by atoms with E-state index in [1.54, 1.807) is 12.1 Å². The van der Waals surface area contributed by atoms with E-state index in [-0.39, 0.29) is 18.4 Å². The SMILES string of the molecule is CC(C)c1nc(NC(=O)COc2ccccc2)sc1-c1nc(-c2ccccc2)no1. The van der Waals surface area contributed by atoms with Gasteiger partial charge >= 0.3 is 0 Å². The number of anilines is 1. The van der Waals surface area contributed by atoms with Crippen LogP contribution in [0.1, 0.15) is 25.5 Å². The van der Waals surface area contributed by atoms with Crippen molar-refractivity contribution >= 4 is 22.4 Å². The first-order valence-corrected chi connectivity index (χ1v) is 10.3. The minimum Gasteiger partial charge on any atom is -0.484 e. The van der Waals surface area contributed by atoms with E-state index in [1.807, 2.05) is 62.4 Å². The first kappa shape index (κ1) is 19.8. The average molecular weight is 420 g/mol. The lowest BCUT2D eigenvalue weighted by atomic mass is 10.1. The fourth-order valence-corrected chi connectivity index (χ4v) is 3.83. The quantitative estimate of drug-likeness (QED) is 0.452. The van der Waals surface area contributed by atoms with Crippen LogP contribution in [0, 0.1) is 0 Å². The molecule has 1 amide bonds. The highest BCUT2D eigenvalue weighted by molar-refractivity contribution is 7.19. The van der Waals surface area contributed by atoms with Gasteiger partial charge in [0.1, 0.15) is 10.6 Å². The Labute approximate surface area is 177 Å². The predicted molar refractivity (Wildman–Crippen MR) is 115 cm³/mol. The number of nitrogens with zero attached hydrogens (tertiary/aromatic N) is 3. The molecule has 0 radical (unpaired) electrons. The summed E-state index contributed by atoms with van der Waals surface area (Å²) < 4.78 is 11.0. The maximum absolute atomic E-state index is 12.3. The molecule has 2 aromatic carbocycles. The van der Waals surface area contributed by atoms with Crippen LogP contribution in [-0.2, 0) is 4.79 Å². The van der Waals surface area contributed by atoms with Crippen molar-refractivity contribution in [3.05, 3.63) is 66.4 Å². The van der Waals surface area contributed by atoms with E-state index < -0.39 is 0 Å². The maximum atomic E-state index is 12.3. The van der Waals surface area contributed by atoms with Crippen LogP contribution >= 0.6 is 11.3 Å². The third kappa shape index (κ3) is 4.55. The van der Waals surface area contributed by atoms with E-state index in [9.17, 15) is 4.79 Å². The van der Waals surface area contributed by atoms with Crippen molar-refractivity contribution in [2.75, 3.05) is 11.9 Å². The molecule has 0 unspecified atom stereocenters. The van der Waals surface area contributed by atoms with Gasteiger partial charge in [0.2, 0.25) is 5.82 Å². The standard InChI is InChI=1S/C22H20N4O3S/c1-14(2)18-19(21-25-20(26-29-21)15-9-5-3-6-10-15)30-22(24-18)23-17(27)13-28-16-11-7-4-8-12-16/h3-12,14H,13H2,1-2H3,(H,23,24,27). The highest BCUT2D eigenvalue weighted by atomic mass is 32.1. The van der Waals surface area contributed by atoms with Gasteiger partial charge in [-0.2, -0.15) is 4.98 Å². The highest BCUT2D eigenvalue weighted by Gasteiger charge is 2.22. The van der Waals surface area contributed by atoms with Crippen molar-refractivity contribution in [2.24, 2.45) is 0 Å². The lowest BCUT2D eigenvalue weighted by Gasteiger charge is -2.05. The Morgan fingerprint density at radius 2 is 1.77 bits per heavy atom. The zero-order valence-electron chi connectivity index (χ0n) is 16.5. The third-order valence-electron chi connectivity index (χ3n) is 4.21. The average Bonchev–Trinajstić information content (AvgIpc) is 3.41. The number of rotatable bonds is 7. The second kappa shape index (κ2) is 8.87. The lowest BCUT2D eigenvalue weighted by Crippen LogP contribution is -2.20. The smallest absolute Gasteiger partial charge is 0.270 e. The van der Waals surface area contributed by atoms with Crippen LogP contribution in [0.3, 0.4) is 0 Å². The molecule has 8 heteroatoms. The normalized spacial score (nSPS) is 10.9. The molecular weight excluding hydrogens is 400 g/mol. The van der Waals surface area contributed by atoms with Gasteiger partial charge in [0.05, 0.1) is 5.69 Å². The maximum Gasteiger partial charge on any atom is 0.270 e. The monoisotopic (exact) mass is 420 g/mol. The molecule has 4 rings (SSSR count). The molecule has 30 heavy (non-hydrogen) atoms. The molecule has 0 saturated carbocycles. The van der Waals surface area contributed by atoms with Crippen LogP contribution in [0.5, 0.6) is 5.75 Å². The highest BCUT2D eigenvalue weighted by Crippen LogP contribution is 2.36. The van der Waals surface area contributed by atoms with Gasteiger partial charge < -0.3 is 9.26 Å². The van der Waals surface area contributed by atoms with Crippen molar-refractivity contribution in [2.45, 2.75) is 19.8 Å². The summed E-state index contributed by atoms with van der Waals surface area (Å²) in [6.07, 6.45) is 0. The first-order chi connectivity index (χ1) is 14.6. The molecule has 0 saturated heterocycles. The van der Waals surface area contributed by atoms with Gasteiger partial charge in [-0.1, -0.05) is 78.9 Å². The molecule has 0 bridgehead atoms. The minimum atomic E-state index is -0.287. The largest absolute Gasteiger partial charge is 0.484 e. The molecular formula is C22H20N4O3S. The van der Waals surface area contributed by atoms with E-state index >= 15 is 0 Å². The Balaban J connectivity index is 1.51. The Morgan fingerprint density at radius 1 is 1.07 bits per heavy atom. The summed E-state index contributed by atoms with van der Waals surface area (Å²) in [6.45, 7) is 3.95. The van der Waals surface area contributed by atoms with Crippen molar-refractivity contribution in [1.29, 1.82) is 0 Å². The number of ether oxygens (including phenoxy) is 1. The van der Waals surface area contributed by atoms with Crippen LogP contribution in [0.25, 0.3) is 22.2 Å². The second-order valence-electron chi connectivity index (χ2n) is 6.83. The topological polar surface area (TPSA) is 90.1 Å². The number of thiazole rings is 1. The van der Waals surface area contributed by atoms with Gasteiger partial charge in [-0.05, 0) is 18.1 Å². The number of hydrogen-bond acceptors (Lipinski definition) is 7. The lowest BCUT2D eigenvalue weighted by molar-refractivity contribution is -0.118. The molecule has 0 aliphatic carbocycles. The number of carbonyl (C=O) groups excluding carboxylic acids is 1. The summed E-state index contributed by atoms with van der Waals surface area (Å²) >= 11 is 1.30. The van der Waals surface area contributed by atoms with Crippen molar-refractivity contribution in [3.8, 4) is 27.9 Å². The number of aromatic nitrogens is 3. The number of hydrogen-bond donors (Lipinski definition) is 1. The Kier molecular flexibility index (Phi) is 5.85. The molecule has 1 N–H and O–H groups in total. The summed E-state index contributed by atoms with van der Waals surface area (Å²) in [6, 6.07) is 18.8. The Bertz CT molecular complexity index is 1120. The van der Waals surface area contributed by atoms with E-state index in [0.717, 1.165) is 16.1 Å². The van der Waals surface area contributed by atoms with Crippen LogP contribution in [0.15, 0.2) is 65.2 Å². The van der Waals surface area contributed by atoms with Crippen molar-refractivity contribution in [1.82, 2.24) is 15.1 Å². The molecule has 2 heterocycles. The molecule has 0 atom stereocenters. The molecule has 0 aliphatic rings. The van der Waals surface area contributed by atoms with Crippen LogP contribution in [0.4, 0.5) is 5.13 Å². The summed E-state index contributed by atoms with van der Waals surface area (Å²) in [5, 5.41) is 7.34. The van der Waals surface area contributed by atoms with Gasteiger partial charge in [0.15, 0.2) is 11.7 Å². The molecule has 7 nitrogen and oxygen atoms in total. The number of carbonyl (C=O) groups is 1.